The molecule has 7 heteroatoms. The Balaban J connectivity index is 3.25. The minimum Gasteiger partial charge on any atom is -0.394 e. The van der Waals surface area contributed by atoms with E-state index < -0.39 is 31.0 Å². The second kappa shape index (κ2) is 24.8. The van der Waals surface area contributed by atoms with Crippen LogP contribution in [0.4, 0.5) is 0 Å². The molecule has 0 unspecified atom stereocenters. The van der Waals surface area contributed by atoms with Gasteiger partial charge in [0.15, 0.2) is 0 Å². The second-order valence-corrected chi connectivity index (χ2v) is 9.56. The van der Waals surface area contributed by atoms with Gasteiger partial charge in [-0.3, -0.25) is 0 Å². The molecule has 33 heavy (non-hydrogen) atoms. The fourth-order valence-corrected chi connectivity index (χ4v) is 4.03. The summed E-state index contributed by atoms with van der Waals surface area (Å²) in [6.07, 6.45) is 16.2. The summed E-state index contributed by atoms with van der Waals surface area (Å²) in [7, 11) is 0. The van der Waals surface area contributed by atoms with Crippen molar-refractivity contribution in [3.63, 3.8) is 0 Å². The first-order valence-corrected chi connectivity index (χ1v) is 13.8. The third-order valence-electron chi connectivity index (χ3n) is 6.36. The molecule has 0 amide bonds. The van der Waals surface area contributed by atoms with Crippen LogP contribution in [0.1, 0.15) is 110 Å². The van der Waals surface area contributed by atoms with Crippen LogP contribution in [0.5, 0.6) is 0 Å². The fraction of sp³-hybridized carbons (Fsp3) is 1.00. The van der Waals surface area contributed by atoms with Crippen LogP contribution in [0.15, 0.2) is 0 Å². The van der Waals surface area contributed by atoms with Crippen molar-refractivity contribution in [2.45, 2.75) is 134 Å². The fourth-order valence-electron chi connectivity index (χ4n) is 4.03. The van der Waals surface area contributed by atoms with Gasteiger partial charge in [-0.1, -0.05) is 103 Å². The minimum atomic E-state index is -1.57. The van der Waals surface area contributed by atoms with Gasteiger partial charge in [0.25, 0.3) is 0 Å². The molecule has 0 radical (unpaired) electrons. The lowest BCUT2D eigenvalue weighted by atomic mass is 10.0. The number of aliphatic hydroxyl groups is 5. The lowest BCUT2D eigenvalue weighted by molar-refractivity contribution is -0.113. The third-order valence-corrected chi connectivity index (χ3v) is 6.36. The molecular weight excluding hydrogens is 420 g/mol. The van der Waals surface area contributed by atoms with Crippen LogP contribution in [0.25, 0.3) is 0 Å². The lowest BCUT2D eigenvalue weighted by Crippen LogP contribution is -2.49. The summed E-state index contributed by atoms with van der Waals surface area (Å²) in [5, 5.41) is 53.5. The number of hydrogen-bond donors (Lipinski definition) is 7. The average molecular weight is 477 g/mol. The Kier molecular flexibility index (Phi) is 24.6. The van der Waals surface area contributed by atoms with Gasteiger partial charge in [0.1, 0.15) is 18.3 Å². The van der Waals surface area contributed by atoms with E-state index in [1.165, 1.54) is 103 Å². The number of rotatable bonds is 26. The SMILES string of the molecule is CCCCCCCCCCCCCCCCCCNCCNC[C@H](O)[C@@H](O)[C@H](O)[C@H](O)CO. The zero-order valence-corrected chi connectivity index (χ0v) is 21.4. The van der Waals surface area contributed by atoms with Crippen molar-refractivity contribution in [3.05, 3.63) is 0 Å². The Hall–Kier alpha value is -0.280. The van der Waals surface area contributed by atoms with E-state index in [0.717, 1.165) is 13.1 Å². The van der Waals surface area contributed by atoms with E-state index in [1.807, 2.05) is 0 Å². The first-order chi connectivity index (χ1) is 16.0. The van der Waals surface area contributed by atoms with Gasteiger partial charge in [0.2, 0.25) is 0 Å². The van der Waals surface area contributed by atoms with Crippen LogP contribution in [0.3, 0.4) is 0 Å². The molecule has 7 N–H and O–H groups in total. The molecule has 4 atom stereocenters. The molecule has 0 aromatic carbocycles. The third kappa shape index (κ3) is 20.8. The Bertz CT molecular complexity index is 390. The highest BCUT2D eigenvalue weighted by molar-refractivity contribution is 4.81. The number of hydrogen-bond acceptors (Lipinski definition) is 7. The predicted octanol–water partition coefficient (Wildman–Crippen LogP) is 2.86. The quantitative estimate of drug-likeness (QED) is 0.0957. The molecule has 0 saturated carbocycles. The Morgan fingerprint density at radius 2 is 0.879 bits per heavy atom. The molecule has 0 aliphatic heterocycles. The summed E-state index contributed by atoms with van der Waals surface area (Å²) >= 11 is 0. The molecule has 0 aliphatic rings. The van der Waals surface area contributed by atoms with E-state index >= 15 is 0 Å². The smallest absolute Gasteiger partial charge is 0.111 e. The summed E-state index contributed by atoms with van der Waals surface area (Å²) in [4.78, 5) is 0. The van der Waals surface area contributed by atoms with Crippen molar-refractivity contribution >= 4 is 0 Å². The second-order valence-electron chi connectivity index (χ2n) is 9.56. The molecule has 7 nitrogen and oxygen atoms in total. The largest absolute Gasteiger partial charge is 0.394 e. The van der Waals surface area contributed by atoms with E-state index in [4.69, 9.17) is 5.11 Å². The topological polar surface area (TPSA) is 125 Å². The first kappa shape index (κ1) is 32.7. The van der Waals surface area contributed by atoms with E-state index in [0.29, 0.717) is 6.54 Å². The monoisotopic (exact) mass is 476 g/mol. The van der Waals surface area contributed by atoms with Gasteiger partial charge in [-0.2, -0.15) is 0 Å². The van der Waals surface area contributed by atoms with Gasteiger partial charge in [0.05, 0.1) is 12.7 Å². The number of nitrogens with one attached hydrogen (secondary N) is 2. The molecule has 0 aliphatic carbocycles. The van der Waals surface area contributed by atoms with Crippen LogP contribution in [-0.4, -0.2) is 82.7 Å². The maximum atomic E-state index is 9.81. The molecule has 0 fully saturated rings. The van der Waals surface area contributed by atoms with Gasteiger partial charge in [0, 0.05) is 19.6 Å². The highest BCUT2D eigenvalue weighted by Gasteiger charge is 2.29. The Labute approximate surface area is 203 Å². The van der Waals surface area contributed by atoms with Crippen molar-refractivity contribution in [2.75, 3.05) is 32.8 Å². The van der Waals surface area contributed by atoms with Crippen molar-refractivity contribution in [3.8, 4) is 0 Å². The minimum absolute atomic E-state index is 0.108. The summed E-state index contributed by atoms with van der Waals surface area (Å²) in [6, 6.07) is 0. The highest BCUT2D eigenvalue weighted by atomic mass is 16.4. The zero-order valence-electron chi connectivity index (χ0n) is 21.4. The van der Waals surface area contributed by atoms with Gasteiger partial charge < -0.3 is 36.2 Å². The van der Waals surface area contributed by atoms with Crippen LogP contribution >= 0.6 is 0 Å². The van der Waals surface area contributed by atoms with Crippen molar-refractivity contribution in [1.29, 1.82) is 0 Å². The molecule has 0 aromatic rings. The maximum Gasteiger partial charge on any atom is 0.111 e. The number of aliphatic hydroxyl groups excluding tert-OH is 5. The zero-order chi connectivity index (χ0) is 24.6. The normalized spacial score (nSPS) is 15.5. The van der Waals surface area contributed by atoms with Crippen LogP contribution in [0, 0.1) is 0 Å². The molecular formula is C26H56N2O5. The number of unbranched alkanes of at least 4 members (excludes halogenated alkanes) is 15. The Morgan fingerprint density at radius 3 is 1.33 bits per heavy atom. The average Bonchev–Trinajstić information content (AvgIpc) is 2.83. The van der Waals surface area contributed by atoms with Gasteiger partial charge in [-0.15, -0.1) is 0 Å². The van der Waals surface area contributed by atoms with E-state index in [9.17, 15) is 20.4 Å². The predicted molar refractivity (Wildman–Crippen MR) is 136 cm³/mol. The van der Waals surface area contributed by atoms with Crippen molar-refractivity contribution in [1.82, 2.24) is 10.6 Å². The van der Waals surface area contributed by atoms with Crippen molar-refractivity contribution in [2.24, 2.45) is 0 Å². The van der Waals surface area contributed by atoms with Crippen molar-refractivity contribution < 1.29 is 25.5 Å². The molecule has 200 valence electrons. The summed E-state index contributed by atoms with van der Waals surface area (Å²) < 4.78 is 0. The van der Waals surface area contributed by atoms with Crippen LogP contribution < -0.4 is 10.6 Å². The first-order valence-electron chi connectivity index (χ1n) is 13.8. The van der Waals surface area contributed by atoms with Crippen LogP contribution in [0.2, 0.25) is 0 Å². The van der Waals surface area contributed by atoms with Gasteiger partial charge in [-0.05, 0) is 13.0 Å². The molecule has 0 spiro atoms. The molecule has 0 aromatic heterocycles. The maximum absolute atomic E-state index is 9.81. The summed E-state index contributed by atoms with van der Waals surface area (Å²) in [6.45, 7) is 4.10. The van der Waals surface area contributed by atoms with Gasteiger partial charge >= 0.3 is 0 Å². The van der Waals surface area contributed by atoms with E-state index in [2.05, 4.69) is 17.6 Å². The molecule has 0 rings (SSSR count). The standard InChI is InChI=1S/C26H56N2O5/c1-2-3-4-5-6-7-8-9-10-11-12-13-14-15-16-17-18-27-19-20-28-21-23(30)25(32)26(33)24(31)22-29/h23-33H,2-22H2,1H3/t23-,24+,25+,26+/m0/s1. The van der Waals surface area contributed by atoms with Crippen LogP contribution in [-0.2, 0) is 0 Å². The summed E-state index contributed by atoms with van der Waals surface area (Å²) in [5.41, 5.74) is 0. The highest BCUT2D eigenvalue weighted by Crippen LogP contribution is 2.13. The molecule has 0 bridgehead atoms. The van der Waals surface area contributed by atoms with E-state index in [1.54, 1.807) is 0 Å². The Morgan fingerprint density at radius 1 is 0.485 bits per heavy atom. The van der Waals surface area contributed by atoms with Gasteiger partial charge in [-0.25, -0.2) is 0 Å². The molecule has 0 saturated heterocycles. The lowest BCUT2D eigenvalue weighted by Gasteiger charge is -2.25. The summed E-state index contributed by atoms with van der Waals surface area (Å²) in [5.74, 6) is 0. The molecule has 0 heterocycles. The van der Waals surface area contributed by atoms with E-state index in [-0.39, 0.29) is 6.54 Å².